The van der Waals surface area contributed by atoms with Crippen molar-refractivity contribution in [2.45, 2.75) is 20.0 Å². The normalized spacial score (nSPS) is 18.0. The Morgan fingerprint density at radius 1 is 1.36 bits per heavy atom. The third kappa shape index (κ3) is 2.78. The number of aromatic nitrogens is 2. The third-order valence-electron chi connectivity index (χ3n) is 4.28. The van der Waals surface area contributed by atoms with E-state index in [0.29, 0.717) is 47.9 Å². The maximum Gasteiger partial charge on any atom is 0.290 e. The summed E-state index contributed by atoms with van der Waals surface area (Å²) in [6.45, 7) is 4.52. The van der Waals surface area contributed by atoms with Crippen molar-refractivity contribution in [2.75, 3.05) is 19.7 Å². The van der Waals surface area contributed by atoms with Gasteiger partial charge in [0.2, 0.25) is 11.7 Å². The lowest BCUT2D eigenvalue weighted by Gasteiger charge is -2.31. The van der Waals surface area contributed by atoms with E-state index in [9.17, 15) is 9.18 Å². The number of aryl methyl sites for hydroxylation is 2. The van der Waals surface area contributed by atoms with Crippen LogP contribution in [0.2, 0.25) is 0 Å². The summed E-state index contributed by atoms with van der Waals surface area (Å²) in [6, 6.07) is 4.21. The molecule has 1 atom stereocenters. The van der Waals surface area contributed by atoms with Crippen molar-refractivity contribution in [2.24, 2.45) is 0 Å². The number of hydrogen-bond donors (Lipinski definition) is 0. The lowest BCUT2D eigenvalue weighted by molar-refractivity contribution is -0.0284. The molecule has 3 aromatic rings. The fourth-order valence-electron chi connectivity index (χ4n) is 2.98. The van der Waals surface area contributed by atoms with Crippen molar-refractivity contribution >= 4 is 16.9 Å². The van der Waals surface area contributed by atoms with E-state index < -0.39 is 6.10 Å². The van der Waals surface area contributed by atoms with Gasteiger partial charge in [0.05, 0.1) is 13.2 Å². The number of hydrogen-bond acceptors (Lipinski definition) is 6. The molecule has 0 spiro atoms. The number of morpholine rings is 1. The van der Waals surface area contributed by atoms with Gasteiger partial charge in [-0.15, -0.1) is 0 Å². The van der Waals surface area contributed by atoms with E-state index >= 15 is 0 Å². The number of carbonyl (C=O) groups is 1. The standard InChI is InChI=1S/C17H16FN3O4/c1-9-12-7-11(18)3-4-13(12)24-15(9)17(22)21-5-6-23-14(8-21)16-19-10(2)25-20-16/h3-4,7,14H,5-6,8H2,1-2H3. The number of carbonyl (C=O) groups excluding carboxylic acids is 1. The predicted molar refractivity (Wildman–Crippen MR) is 84.5 cm³/mol. The van der Waals surface area contributed by atoms with Crippen LogP contribution in [-0.2, 0) is 4.74 Å². The van der Waals surface area contributed by atoms with Gasteiger partial charge in [-0.05, 0) is 25.1 Å². The first kappa shape index (κ1) is 15.8. The Morgan fingerprint density at radius 3 is 2.96 bits per heavy atom. The zero-order valence-electron chi connectivity index (χ0n) is 13.8. The largest absolute Gasteiger partial charge is 0.451 e. The molecule has 0 saturated carbocycles. The van der Waals surface area contributed by atoms with E-state index in [-0.39, 0.29) is 17.5 Å². The molecule has 0 aliphatic carbocycles. The quantitative estimate of drug-likeness (QED) is 0.710. The van der Waals surface area contributed by atoms with E-state index in [4.69, 9.17) is 13.7 Å². The highest BCUT2D eigenvalue weighted by Gasteiger charge is 2.31. The molecular weight excluding hydrogens is 329 g/mol. The summed E-state index contributed by atoms with van der Waals surface area (Å²) in [5.74, 6) is 0.443. The molecule has 1 unspecified atom stereocenters. The van der Waals surface area contributed by atoms with Crippen LogP contribution in [0.5, 0.6) is 0 Å². The Balaban J connectivity index is 1.61. The molecule has 2 aromatic heterocycles. The fraction of sp³-hybridized carbons (Fsp3) is 0.353. The second-order valence-corrected chi connectivity index (χ2v) is 5.98. The Hall–Kier alpha value is -2.74. The van der Waals surface area contributed by atoms with Gasteiger partial charge in [0.15, 0.2) is 5.76 Å². The second-order valence-electron chi connectivity index (χ2n) is 5.98. The summed E-state index contributed by atoms with van der Waals surface area (Å²) < 4.78 is 29.7. The minimum Gasteiger partial charge on any atom is -0.451 e. The molecule has 0 radical (unpaired) electrons. The number of ether oxygens (including phenoxy) is 1. The molecule has 3 heterocycles. The van der Waals surface area contributed by atoms with Crippen LogP contribution in [0.15, 0.2) is 27.1 Å². The van der Waals surface area contributed by atoms with Gasteiger partial charge in [-0.25, -0.2) is 4.39 Å². The number of amides is 1. The van der Waals surface area contributed by atoms with Gasteiger partial charge in [0.1, 0.15) is 17.5 Å². The number of halogens is 1. The Kier molecular flexibility index (Phi) is 3.76. The Labute approximate surface area is 142 Å². The van der Waals surface area contributed by atoms with Crippen molar-refractivity contribution in [1.82, 2.24) is 15.0 Å². The monoisotopic (exact) mass is 345 g/mol. The summed E-state index contributed by atoms with van der Waals surface area (Å²) in [4.78, 5) is 18.7. The molecule has 8 heteroatoms. The summed E-state index contributed by atoms with van der Waals surface area (Å²) in [5, 5.41) is 4.45. The molecule has 7 nitrogen and oxygen atoms in total. The molecule has 25 heavy (non-hydrogen) atoms. The summed E-state index contributed by atoms with van der Waals surface area (Å²) in [6.07, 6.45) is -0.447. The van der Waals surface area contributed by atoms with E-state index in [1.165, 1.54) is 18.2 Å². The maximum absolute atomic E-state index is 13.4. The zero-order chi connectivity index (χ0) is 17.6. The van der Waals surface area contributed by atoms with Crippen molar-refractivity contribution in [3.05, 3.63) is 47.1 Å². The SMILES string of the molecule is Cc1nc(C2CN(C(=O)c3oc4ccc(F)cc4c3C)CCO2)no1. The molecule has 0 bridgehead atoms. The average Bonchev–Trinajstić information content (AvgIpc) is 3.19. The third-order valence-corrected chi connectivity index (χ3v) is 4.28. The molecule has 1 aliphatic heterocycles. The molecule has 4 rings (SSSR count). The Bertz CT molecular complexity index is 949. The molecule has 1 aromatic carbocycles. The van der Waals surface area contributed by atoms with Crippen LogP contribution < -0.4 is 0 Å². The first-order valence-corrected chi connectivity index (χ1v) is 7.92. The minimum absolute atomic E-state index is 0.213. The predicted octanol–water partition coefficient (Wildman–Crippen LogP) is 2.79. The van der Waals surface area contributed by atoms with Gasteiger partial charge in [0.25, 0.3) is 5.91 Å². The van der Waals surface area contributed by atoms with Gasteiger partial charge in [-0.3, -0.25) is 4.79 Å². The fourth-order valence-corrected chi connectivity index (χ4v) is 2.98. The van der Waals surface area contributed by atoms with Gasteiger partial charge in [0, 0.05) is 24.4 Å². The van der Waals surface area contributed by atoms with Gasteiger partial charge in [-0.1, -0.05) is 5.16 Å². The average molecular weight is 345 g/mol. The minimum atomic E-state index is -0.447. The molecule has 130 valence electrons. The van der Waals surface area contributed by atoms with Crippen molar-refractivity contribution < 1.29 is 22.9 Å². The highest BCUT2D eigenvalue weighted by Crippen LogP contribution is 2.28. The second kappa shape index (κ2) is 5.96. The molecule has 1 saturated heterocycles. The first-order chi connectivity index (χ1) is 12.0. The highest BCUT2D eigenvalue weighted by molar-refractivity contribution is 5.99. The molecule has 1 aliphatic rings. The Morgan fingerprint density at radius 2 is 2.20 bits per heavy atom. The number of benzene rings is 1. The topological polar surface area (TPSA) is 81.6 Å². The van der Waals surface area contributed by atoms with Crippen LogP contribution in [0, 0.1) is 19.7 Å². The summed E-state index contributed by atoms with van der Waals surface area (Å²) >= 11 is 0. The number of fused-ring (bicyclic) bond motifs is 1. The maximum atomic E-state index is 13.4. The van der Waals surface area contributed by atoms with Gasteiger partial charge >= 0.3 is 0 Å². The van der Waals surface area contributed by atoms with Crippen molar-refractivity contribution in [3.8, 4) is 0 Å². The lowest BCUT2D eigenvalue weighted by atomic mass is 10.1. The molecule has 0 N–H and O–H groups in total. The molecular formula is C17H16FN3O4. The molecule has 1 fully saturated rings. The van der Waals surface area contributed by atoms with Crippen LogP contribution in [-0.4, -0.2) is 40.6 Å². The highest BCUT2D eigenvalue weighted by atomic mass is 19.1. The van der Waals surface area contributed by atoms with E-state index in [0.717, 1.165) is 0 Å². The lowest BCUT2D eigenvalue weighted by Crippen LogP contribution is -2.42. The van der Waals surface area contributed by atoms with Crippen molar-refractivity contribution in [3.63, 3.8) is 0 Å². The van der Waals surface area contributed by atoms with Crippen LogP contribution >= 0.6 is 0 Å². The van der Waals surface area contributed by atoms with Crippen molar-refractivity contribution in [1.29, 1.82) is 0 Å². The number of nitrogens with zero attached hydrogens (tertiary/aromatic N) is 3. The number of furan rings is 1. The summed E-state index contributed by atoms with van der Waals surface area (Å²) in [5.41, 5.74) is 1.11. The van der Waals surface area contributed by atoms with Crippen LogP contribution in [0.3, 0.4) is 0 Å². The van der Waals surface area contributed by atoms with Crippen LogP contribution in [0.4, 0.5) is 4.39 Å². The van der Waals surface area contributed by atoms with Crippen LogP contribution in [0.25, 0.3) is 11.0 Å². The smallest absolute Gasteiger partial charge is 0.290 e. The molecule has 1 amide bonds. The van der Waals surface area contributed by atoms with Crippen LogP contribution in [0.1, 0.15) is 33.9 Å². The van der Waals surface area contributed by atoms with Gasteiger partial charge < -0.3 is 18.6 Å². The van der Waals surface area contributed by atoms with E-state index in [1.54, 1.807) is 18.7 Å². The van der Waals surface area contributed by atoms with E-state index in [2.05, 4.69) is 10.1 Å². The summed E-state index contributed by atoms with van der Waals surface area (Å²) in [7, 11) is 0. The van der Waals surface area contributed by atoms with E-state index in [1.807, 2.05) is 0 Å². The van der Waals surface area contributed by atoms with Gasteiger partial charge in [-0.2, -0.15) is 4.98 Å². The zero-order valence-corrected chi connectivity index (χ0v) is 13.8. The number of rotatable bonds is 2. The first-order valence-electron chi connectivity index (χ1n) is 7.92.